The van der Waals surface area contributed by atoms with Gasteiger partial charge in [0.15, 0.2) is 0 Å². The molecule has 0 aromatic heterocycles. The van der Waals surface area contributed by atoms with E-state index in [1.807, 2.05) is 19.9 Å². The molecule has 0 aromatic carbocycles. The fourth-order valence-corrected chi connectivity index (χ4v) is 3.07. The number of hydrogen-bond acceptors (Lipinski definition) is 5. The standard InChI is InChI=1S/C12H23N3O4S/c1-11(2)10-15(8-5-7-13)20(17,18)14(3)9-6-12(16)19-4/h11H,5-6,8-10H2,1-4H3. The normalized spacial score (nSPS) is 11.9. The first-order valence-corrected chi connectivity index (χ1v) is 7.80. The van der Waals surface area contributed by atoms with Crippen molar-refractivity contribution >= 4 is 16.2 Å². The highest BCUT2D eigenvalue weighted by Gasteiger charge is 2.27. The number of nitrogens with zero attached hydrogens (tertiary/aromatic N) is 3. The summed E-state index contributed by atoms with van der Waals surface area (Å²) in [7, 11) is -0.991. The summed E-state index contributed by atoms with van der Waals surface area (Å²) in [5.74, 6) is -0.308. The molecule has 7 nitrogen and oxygen atoms in total. The van der Waals surface area contributed by atoms with Crippen LogP contribution < -0.4 is 0 Å². The Morgan fingerprint density at radius 1 is 1.35 bits per heavy atom. The maximum Gasteiger partial charge on any atom is 0.306 e. The number of hydrogen-bond donors (Lipinski definition) is 0. The molecule has 0 N–H and O–H groups in total. The van der Waals surface area contributed by atoms with Gasteiger partial charge in [-0.1, -0.05) is 13.8 Å². The van der Waals surface area contributed by atoms with Gasteiger partial charge in [0, 0.05) is 33.1 Å². The summed E-state index contributed by atoms with van der Waals surface area (Å²) in [6.45, 7) is 4.36. The highest BCUT2D eigenvalue weighted by Crippen LogP contribution is 2.11. The molecule has 0 amide bonds. The Morgan fingerprint density at radius 3 is 2.40 bits per heavy atom. The van der Waals surface area contributed by atoms with E-state index in [0.717, 1.165) is 4.31 Å². The Hall–Kier alpha value is -1.17. The van der Waals surface area contributed by atoms with E-state index in [0.29, 0.717) is 6.54 Å². The van der Waals surface area contributed by atoms with Crippen LogP contribution in [0.4, 0.5) is 0 Å². The van der Waals surface area contributed by atoms with Crippen LogP contribution in [0.1, 0.15) is 26.7 Å². The van der Waals surface area contributed by atoms with Gasteiger partial charge in [-0.25, -0.2) is 0 Å². The average molecular weight is 305 g/mol. The fourth-order valence-electron chi connectivity index (χ4n) is 1.55. The molecule has 0 aromatic rings. The number of esters is 1. The van der Waals surface area contributed by atoms with Gasteiger partial charge in [-0.3, -0.25) is 4.79 Å². The third kappa shape index (κ3) is 6.32. The van der Waals surface area contributed by atoms with E-state index in [-0.39, 0.29) is 31.8 Å². The Kier molecular flexibility index (Phi) is 8.37. The molecule has 0 unspecified atom stereocenters. The van der Waals surface area contributed by atoms with Gasteiger partial charge in [-0.05, 0) is 5.92 Å². The summed E-state index contributed by atoms with van der Waals surface area (Å²) >= 11 is 0. The molecule has 0 aliphatic carbocycles. The van der Waals surface area contributed by atoms with Gasteiger partial charge in [0.2, 0.25) is 0 Å². The van der Waals surface area contributed by atoms with E-state index in [4.69, 9.17) is 5.26 Å². The van der Waals surface area contributed by atoms with E-state index < -0.39 is 16.2 Å². The summed E-state index contributed by atoms with van der Waals surface area (Å²) in [5, 5.41) is 8.62. The van der Waals surface area contributed by atoms with Crippen LogP contribution in [-0.4, -0.2) is 56.8 Å². The van der Waals surface area contributed by atoms with Crippen molar-refractivity contribution in [2.45, 2.75) is 26.7 Å². The molecule has 0 saturated carbocycles. The molecule has 0 atom stereocenters. The van der Waals surface area contributed by atoms with Crippen molar-refractivity contribution in [3.8, 4) is 6.07 Å². The van der Waals surface area contributed by atoms with Crippen molar-refractivity contribution in [3.05, 3.63) is 0 Å². The van der Waals surface area contributed by atoms with Crippen molar-refractivity contribution in [2.24, 2.45) is 5.92 Å². The van der Waals surface area contributed by atoms with Crippen molar-refractivity contribution < 1.29 is 17.9 Å². The van der Waals surface area contributed by atoms with Gasteiger partial charge in [0.25, 0.3) is 10.2 Å². The summed E-state index contributed by atoms with van der Waals surface area (Å²) in [5.41, 5.74) is 0. The van der Waals surface area contributed by atoms with E-state index in [2.05, 4.69) is 4.74 Å². The van der Waals surface area contributed by atoms with Crippen LogP contribution in [0.15, 0.2) is 0 Å². The maximum atomic E-state index is 12.4. The number of rotatable bonds is 9. The lowest BCUT2D eigenvalue weighted by Crippen LogP contribution is -2.44. The highest BCUT2D eigenvalue weighted by molar-refractivity contribution is 7.86. The van der Waals surface area contributed by atoms with E-state index in [1.165, 1.54) is 18.5 Å². The Bertz CT molecular complexity index is 442. The van der Waals surface area contributed by atoms with E-state index in [9.17, 15) is 13.2 Å². The molecular weight excluding hydrogens is 282 g/mol. The summed E-state index contributed by atoms with van der Waals surface area (Å²) in [4.78, 5) is 11.1. The van der Waals surface area contributed by atoms with Gasteiger partial charge in [-0.2, -0.15) is 22.3 Å². The Balaban J connectivity index is 4.82. The molecule has 0 spiro atoms. The van der Waals surface area contributed by atoms with Crippen molar-refractivity contribution in [1.82, 2.24) is 8.61 Å². The summed E-state index contributed by atoms with van der Waals surface area (Å²) in [6.07, 6.45) is 0.136. The average Bonchev–Trinajstić information content (AvgIpc) is 2.39. The van der Waals surface area contributed by atoms with Crippen molar-refractivity contribution in [3.63, 3.8) is 0 Å². The fraction of sp³-hybridized carbons (Fsp3) is 0.833. The topological polar surface area (TPSA) is 90.7 Å². The van der Waals surface area contributed by atoms with Crippen LogP contribution in [0.2, 0.25) is 0 Å². The molecular formula is C12H23N3O4S. The molecule has 0 heterocycles. The molecule has 0 bridgehead atoms. The summed E-state index contributed by atoms with van der Waals surface area (Å²) in [6, 6.07) is 1.94. The quantitative estimate of drug-likeness (QED) is 0.582. The number of nitriles is 1. The SMILES string of the molecule is COC(=O)CCN(C)S(=O)(=O)N(CCC#N)CC(C)C. The van der Waals surface area contributed by atoms with Crippen LogP contribution in [0.25, 0.3) is 0 Å². The van der Waals surface area contributed by atoms with Gasteiger partial charge in [-0.15, -0.1) is 0 Å². The van der Waals surface area contributed by atoms with Crippen LogP contribution >= 0.6 is 0 Å². The molecule has 0 radical (unpaired) electrons. The second-order valence-electron chi connectivity index (χ2n) is 4.82. The zero-order valence-electron chi connectivity index (χ0n) is 12.5. The lowest BCUT2D eigenvalue weighted by Gasteiger charge is -2.28. The van der Waals surface area contributed by atoms with Gasteiger partial charge in [0.05, 0.1) is 19.6 Å². The number of carbonyl (C=O) groups excluding carboxylic acids is 1. The van der Waals surface area contributed by atoms with Crippen LogP contribution in [0.3, 0.4) is 0 Å². The minimum atomic E-state index is -3.66. The first kappa shape index (κ1) is 18.8. The monoisotopic (exact) mass is 305 g/mol. The summed E-state index contributed by atoms with van der Waals surface area (Å²) < 4.78 is 31.6. The zero-order chi connectivity index (χ0) is 15.8. The van der Waals surface area contributed by atoms with E-state index in [1.54, 1.807) is 0 Å². The van der Waals surface area contributed by atoms with Crippen LogP contribution in [0, 0.1) is 17.2 Å². The smallest absolute Gasteiger partial charge is 0.306 e. The van der Waals surface area contributed by atoms with Gasteiger partial charge >= 0.3 is 5.97 Å². The molecule has 0 saturated heterocycles. The third-order valence-electron chi connectivity index (χ3n) is 2.62. The first-order chi connectivity index (χ1) is 9.25. The maximum absolute atomic E-state index is 12.4. The van der Waals surface area contributed by atoms with Crippen molar-refractivity contribution in [2.75, 3.05) is 33.8 Å². The molecule has 0 aliphatic heterocycles. The number of ether oxygens (including phenoxy) is 1. The second-order valence-corrected chi connectivity index (χ2v) is 6.85. The minimum absolute atomic E-state index is 0.00000142. The van der Waals surface area contributed by atoms with Gasteiger partial charge in [0.1, 0.15) is 0 Å². The van der Waals surface area contributed by atoms with Crippen molar-refractivity contribution in [1.29, 1.82) is 5.26 Å². The molecule has 0 aliphatic rings. The predicted molar refractivity (Wildman–Crippen MR) is 74.8 cm³/mol. The predicted octanol–water partition coefficient (Wildman–Crippen LogP) is 0.598. The molecule has 8 heteroatoms. The lowest BCUT2D eigenvalue weighted by atomic mass is 10.2. The number of methoxy groups -OCH3 is 1. The number of carbonyl (C=O) groups is 1. The molecule has 0 rings (SSSR count). The molecule has 116 valence electrons. The van der Waals surface area contributed by atoms with Crippen LogP contribution in [0.5, 0.6) is 0 Å². The van der Waals surface area contributed by atoms with Crippen LogP contribution in [-0.2, 0) is 19.7 Å². The Morgan fingerprint density at radius 2 is 1.95 bits per heavy atom. The largest absolute Gasteiger partial charge is 0.469 e. The lowest BCUT2D eigenvalue weighted by molar-refractivity contribution is -0.140. The molecule has 20 heavy (non-hydrogen) atoms. The molecule has 0 fully saturated rings. The Labute approximate surface area is 121 Å². The zero-order valence-corrected chi connectivity index (χ0v) is 13.3. The minimum Gasteiger partial charge on any atom is -0.469 e. The van der Waals surface area contributed by atoms with E-state index >= 15 is 0 Å². The first-order valence-electron chi connectivity index (χ1n) is 6.40. The van der Waals surface area contributed by atoms with Gasteiger partial charge < -0.3 is 4.74 Å². The third-order valence-corrected chi connectivity index (χ3v) is 4.57. The highest BCUT2D eigenvalue weighted by atomic mass is 32.2. The second kappa shape index (κ2) is 8.89.